The minimum Gasteiger partial charge on any atom is -0.489 e. The topological polar surface area (TPSA) is 59.3 Å². The largest absolute Gasteiger partial charge is 0.489 e. The Morgan fingerprint density at radius 3 is 2.62 bits per heavy atom. The number of carbonyl (C=O) groups is 1. The zero-order valence-corrected chi connectivity index (χ0v) is 11.7. The molecule has 0 aromatic heterocycles. The summed E-state index contributed by atoms with van der Waals surface area (Å²) in [6, 6.07) is 16.4. The van der Waals surface area contributed by atoms with Crippen molar-refractivity contribution in [1.29, 1.82) is 5.26 Å². The minimum atomic E-state index is -0.459. The molecule has 4 heteroatoms. The van der Waals surface area contributed by atoms with Gasteiger partial charge < -0.3 is 9.47 Å². The van der Waals surface area contributed by atoms with Crippen LogP contribution in [0.4, 0.5) is 0 Å². The Hall–Kier alpha value is -2.80. The summed E-state index contributed by atoms with van der Waals surface area (Å²) >= 11 is 0. The molecule has 2 rings (SSSR count). The second kappa shape index (κ2) is 7.11. The van der Waals surface area contributed by atoms with Crippen LogP contribution in [0.25, 0.3) is 0 Å². The van der Waals surface area contributed by atoms with Crippen LogP contribution in [0.5, 0.6) is 5.75 Å². The highest BCUT2D eigenvalue weighted by atomic mass is 16.5. The molecular weight excluding hydrogens is 266 g/mol. The molecule has 2 aromatic carbocycles. The number of esters is 1. The third-order valence-electron chi connectivity index (χ3n) is 2.80. The molecule has 0 aliphatic heterocycles. The maximum atomic E-state index is 11.8. The van der Waals surface area contributed by atoms with E-state index in [0.717, 1.165) is 5.56 Å². The van der Waals surface area contributed by atoms with Crippen molar-refractivity contribution in [2.24, 2.45) is 0 Å². The third-order valence-corrected chi connectivity index (χ3v) is 2.80. The number of benzene rings is 2. The van der Waals surface area contributed by atoms with Crippen LogP contribution in [-0.4, -0.2) is 12.6 Å². The zero-order chi connectivity index (χ0) is 15.1. The van der Waals surface area contributed by atoms with E-state index in [9.17, 15) is 4.79 Å². The molecular formula is C17H15NO3. The quantitative estimate of drug-likeness (QED) is 0.789. The molecule has 0 radical (unpaired) electrons. The second-order valence-corrected chi connectivity index (χ2v) is 4.35. The summed E-state index contributed by atoms with van der Waals surface area (Å²) in [7, 11) is 0. The predicted octanol–water partition coefficient (Wildman–Crippen LogP) is 3.31. The molecule has 106 valence electrons. The monoisotopic (exact) mass is 281 g/mol. The molecule has 0 aliphatic carbocycles. The van der Waals surface area contributed by atoms with Crippen LogP contribution in [0.3, 0.4) is 0 Å². The van der Waals surface area contributed by atoms with Gasteiger partial charge in [-0.25, -0.2) is 4.79 Å². The molecule has 0 heterocycles. The number of rotatable bonds is 5. The Bertz CT molecular complexity index is 659. The van der Waals surface area contributed by atoms with Crippen molar-refractivity contribution in [3.05, 3.63) is 65.2 Å². The molecule has 2 aromatic rings. The molecule has 0 unspecified atom stereocenters. The van der Waals surface area contributed by atoms with Gasteiger partial charge >= 0.3 is 5.97 Å². The van der Waals surface area contributed by atoms with E-state index in [4.69, 9.17) is 14.7 Å². The summed E-state index contributed by atoms with van der Waals surface area (Å²) in [6.07, 6.45) is 0. The van der Waals surface area contributed by atoms with Gasteiger partial charge in [0.05, 0.1) is 23.8 Å². The fourth-order valence-electron chi connectivity index (χ4n) is 1.82. The second-order valence-electron chi connectivity index (χ2n) is 4.35. The van der Waals surface area contributed by atoms with Crippen LogP contribution >= 0.6 is 0 Å². The summed E-state index contributed by atoms with van der Waals surface area (Å²) in [5.41, 5.74) is 1.69. The number of nitrogens with zero attached hydrogens (tertiary/aromatic N) is 1. The van der Waals surface area contributed by atoms with Crippen molar-refractivity contribution in [1.82, 2.24) is 0 Å². The summed E-state index contributed by atoms with van der Waals surface area (Å²) in [6.45, 7) is 2.40. The molecule has 0 saturated carbocycles. The molecule has 0 amide bonds. The van der Waals surface area contributed by atoms with Gasteiger partial charge in [0.15, 0.2) is 0 Å². The van der Waals surface area contributed by atoms with Crippen LogP contribution in [-0.2, 0) is 11.3 Å². The zero-order valence-electron chi connectivity index (χ0n) is 11.7. The highest BCUT2D eigenvalue weighted by Gasteiger charge is 2.10. The Morgan fingerprint density at radius 1 is 1.19 bits per heavy atom. The van der Waals surface area contributed by atoms with Crippen molar-refractivity contribution < 1.29 is 14.3 Å². The predicted molar refractivity (Wildman–Crippen MR) is 77.9 cm³/mol. The van der Waals surface area contributed by atoms with Gasteiger partial charge in [-0.1, -0.05) is 30.3 Å². The first kappa shape index (κ1) is 14.6. The lowest BCUT2D eigenvalue weighted by atomic mass is 10.1. The Balaban J connectivity index is 2.17. The number of hydrogen-bond donors (Lipinski definition) is 0. The van der Waals surface area contributed by atoms with Crippen molar-refractivity contribution in [3.63, 3.8) is 0 Å². The molecule has 4 nitrogen and oxygen atoms in total. The van der Waals surface area contributed by atoms with Gasteiger partial charge in [0, 0.05) is 0 Å². The van der Waals surface area contributed by atoms with Crippen LogP contribution in [0.15, 0.2) is 48.5 Å². The lowest BCUT2D eigenvalue weighted by molar-refractivity contribution is 0.0526. The molecule has 0 bridgehead atoms. The van der Waals surface area contributed by atoms with E-state index >= 15 is 0 Å². The van der Waals surface area contributed by atoms with Crippen molar-refractivity contribution in [2.45, 2.75) is 13.5 Å². The minimum absolute atomic E-state index is 0.288. The SMILES string of the molecule is CCOC(=O)c1cc(C#N)cc(OCc2ccccc2)c1. The van der Waals surface area contributed by atoms with Crippen molar-refractivity contribution >= 4 is 5.97 Å². The van der Waals surface area contributed by atoms with Crippen LogP contribution in [0.2, 0.25) is 0 Å². The highest BCUT2D eigenvalue weighted by molar-refractivity contribution is 5.90. The van der Waals surface area contributed by atoms with E-state index < -0.39 is 5.97 Å². The fourth-order valence-corrected chi connectivity index (χ4v) is 1.82. The summed E-state index contributed by atoms with van der Waals surface area (Å²) in [4.78, 5) is 11.8. The normalized spacial score (nSPS) is 9.71. The smallest absolute Gasteiger partial charge is 0.338 e. The fraction of sp³-hybridized carbons (Fsp3) is 0.176. The Morgan fingerprint density at radius 2 is 1.95 bits per heavy atom. The van der Waals surface area contributed by atoms with Crippen LogP contribution in [0, 0.1) is 11.3 Å². The van der Waals surface area contributed by atoms with Crippen molar-refractivity contribution in [2.75, 3.05) is 6.61 Å². The highest BCUT2D eigenvalue weighted by Crippen LogP contribution is 2.19. The van der Waals surface area contributed by atoms with Gasteiger partial charge in [-0.3, -0.25) is 0 Å². The van der Waals surface area contributed by atoms with Gasteiger partial charge in [-0.15, -0.1) is 0 Å². The van der Waals surface area contributed by atoms with E-state index in [1.807, 2.05) is 36.4 Å². The van der Waals surface area contributed by atoms with E-state index in [1.165, 1.54) is 6.07 Å². The first-order chi connectivity index (χ1) is 10.2. The number of hydrogen-bond acceptors (Lipinski definition) is 4. The van der Waals surface area contributed by atoms with Gasteiger partial charge in [0.2, 0.25) is 0 Å². The third kappa shape index (κ3) is 4.08. The average molecular weight is 281 g/mol. The van der Waals surface area contributed by atoms with E-state index in [1.54, 1.807) is 19.1 Å². The lowest BCUT2D eigenvalue weighted by Gasteiger charge is -2.09. The van der Waals surface area contributed by atoms with E-state index in [-0.39, 0.29) is 6.61 Å². The first-order valence-corrected chi connectivity index (χ1v) is 6.62. The Kier molecular flexibility index (Phi) is 4.94. The maximum absolute atomic E-state index is 11.8. The van der Waals surface area contributed by atoms with Crippen LogP contribution < -0.4 is 4.74 Å². The van der Waals surface area contributed by atoms with Gasteiger partial charge in [-0.2, -0.15) is 5.26 Å². The molecule has 21 heavy (non-hydrogen) atoms. The molecule has 0 spiro atoms. The maximum Gasteiger partial charge on any atom is 0.338 e. The van der Waals surface area contributed by atoms with Crippen molar-refractivity contribution in [3.8, 4) is 11.8 Å². The van der Waals surface area contributed by atoms with E-state index in [0.29, 0.717) is 23.5 Å². The molecule has 0 fully saturated rings. The number of nitriles is 1. The van der Waals surface area contributed by atoms with Gasteiger partial charge in [0.25, 0.3) is 0 Å². The molecule has 0 N–H and O–H groups in total. The Labute approximate surface area is 123 Å². The summed E-state index contributed by atoms with van der Waals surface area (Å²) < 4.78 is 10.6. The first-order valence-electron chi connectivity index (χ1n) is 6.62. The standard InChI is InChI=1S/C17H15NO3/c1-2-20-17(19)15-8-14(11-18)9-16(10-15)21-12-13-6-4-3-5-7-13/h3-10H,2,12H2,1H3. The van der Waals surface area contributed by atoms with Gasteiger partial charge in [-0.05, 0) is 30.7 Å². The molecule has 0 atom stereocenters. The average Bonchev–Trinajstić information content (AvgIpc) is 2.54. The summed E-state index contributed by atoms with van der Waals surface area (Å²) in [5.74, 6) is 0.0140. The lowest BCUT2D eigenvalue weighted by Crippen LogP contribution is -2.06. The van der Waals surface area contributed by atoms with E-state index in [2.05, 4.69) is 0 Å². The summed E-state index contributed by atoms with van der Waals surface area (Å²) in [5, 5.41) is 9.03. The van der Waals surface area contributed by atoms with Crippen LogP contribution in [0.1, 0.15) is 28.4 Å². The molecule has 0 aliphatic rings. The number of ether oxygens (including phenoxy) is 2. The van der Waals surface area contributed by atoms with Gasteiger partial charge in [0.1, 0.15) is 12.4 Å². The molecule has 0 saturated heterocycles. The number of carbonyl (C=O) groups excluding carboxylic acids is 1.